The lowest BCUT2D eigenvalue weighted by molar-refractivity contribution is -0.144. The number of nitrogens with two attached hydrogens (primary N) is 1. The number of hydrogen-bond donors (Lipinski definition) is 2. The van der Waals surface area contributed by atoms with Crippen molar-refractivity contribution in [1.82, 2.24) is 10.2 Å². The van der Waals surface area contributed by atoms with Gasteiger partial charge in [0.15, 0.2) is 0 Å². The van der Waals surface area contributed by atoms with Crippen molar-refractivity contribution in [3.63, 3.8) is 0 Å². The Morgan fingerprint density at radius 2 is 1.68 bits per heavy atom. The molecule has 1 aliphatic heterocycles. The van der Waals surface area contributed by atoms with Crippen molar-refractivity contribution in [2.45, 2.75) is 25.7 Å². The van der Waals surface area contributed by atoms with Gasteiger partial charge in [-0.3, -0.25) is 19.3 Å². The highest BCUT2D eigenvalue weighted by Crippen LogP contribution is 2.55. The third-order valence-electron chi connectivity index (χ3n) is 6.04. The molecular weight excluding hydrogens is 318 g/mol. The van der Waals surface area contributed by atoms with Crippen LogP contribution in [0.1, 0.15) is 24.8 Å². The number of hydrogen-bond acceptors (Lipinski definition) is 4. The first kappa shape index (κ1) is 16.1. The second-order valence-electron chi connectivity index (χ2n) is 7.49. The molecule has 132 valence electrons. The molecule has 2 saturated carbocycles. The van der Waals surface area contributed by atoms with E-state index in [1.807, 2.05) is 24.3 Å². The maximum Gasteiger partial charge on any atom is 0.240 e. The fraction of sp³-hybridized carbons (Fsp3) is 0.526. The Balaban J connectivity index is 1.30. The standard InChI is InChI=1S/C19H23N3O3/c20-14-5-1-11(2-6-14)7-8-21-15(23)10-22-18(24)16-12-3-4-13(9-12)17(16)19(22)25/h1-2,5-6,12-13,16-17H,3-4,7-10,20H2,(H,21,23). The van der Waals surface area contributed by atoms with Crippen molar-refractivity contribution in [1.29, 1.82) is 0 Å². The van der Waals surface area contributed by atoms with Gasteiger partial charge in [-0.05, 0) is 55.2 Å². The van der Waals surface area contributed by atoms with Crippen LogP contribution in [0.15, 0.2) is 24.3 Å². The van der Waals surface area contributed by atoms with Gasteiger partial charge in [0, 0.05) is 12.2 Å². The van der Waals surface area contributed by atoms with E-state index in [1.165, 1.54) is 4.90 Å². The highest BCUT2D eigenvalue weighted by Gasteiger charge is 2.60. The summed E-state index contributed by atoms with van der Waals surface area (Å²) in [6, 6.07) is 7.50. The van der Waals surface area contributed by atoms with Gasteiger partial charge in [0.1, 0.15) is 6.54 Å². The van der Waals surface area contributed by atoms with Gasteiger partial charge in [-0.2, -0.15) is 0 Å². The molecule has 3 amide bonds. The minimum absolute atomic E-state index is 0.129. The lowest BCUT2D eigenvalue weighted by Gasteiger charge is -2.19. The van der Waals surface area contributed by atoms with Crippen LogP contribution in [0.2, 0.25) is 0 Å². The predicted octanol–water partition coefficient (Wildman–Crippen LogP) is 0.959. The molecule has 4 rings (SSSR count). The van der Waals surface area contributed by atoms with Crippen LogP contribution in [0, 0.1) is 23.7 Å². The van der Waals surface area contributed by atoms with Crippen molar-refractivity contribution < 1.29 is 14.4 Å². The number of anilines is 1. The summed E-state index contributed by atoms with van der Waals surface area (Å²) in [7, 11) is 0. The minimum Gasteiger partial charge on any atom is -0.399 e. The third kappa shape index (κ3) is 2.79. The van der Waals surface area contributed by atoms with Gasteiger partial charge < -0.3 is 11.1 Å². The molecule has 1 aromatic carbocycles. The van der Waals surface area contributed by atoms with Crippen LogP contribution in [-0.4, -0.2) is 35.7 Å². The Kier molecular flexibility index (Phi) is 3.98. The summed E-state index contributed by atoms with van der Waals surface area (Å²) in [6.45, 7) is 0.322. The summed E-state index contributed by atoms with van der Waals surface area (Å²) in [6.07, 6.45) is 3.79. The molecule has 3 fully saturated rings. The Morgan fingerprint density at radius 1 is 1.08 bits per heavy atom. The van der Waals surface area contributed by atoms with Gasteiger partial charge in [-0.25, -0.2) is 0 Å². The maximum absolute atomic E-state index is 12.6. The summed E-state index contributed by atoms with van der Waals surface area (Å²) in [5, 5.41) is 2.80. The van der Waals surface area contributed by atoms with E-state index in [1.54, 1.807) is 0 Å². The zero-order chi connectivity index (χ0) is 17.6. The van der Waals surface area contributed by atoms with Gasteiger partial charge in [0.05, 0.1) is 11.8 Å². The number of imide groups is 1. The van der Waals surface area contributed by atoms with Crippen LogP contribution in [0.5, 0.6) is 0 Å². The number of fused-ring (bicyclic) bond motifs is 5. The van der Waals surface area contributed by atoms with Crippen molar-refractivity contribution in [2.75, 3.05) is 18.8 Å². The molecule has 6 heteroatoms. The number of likely N-dealkylation sites (tertiary alicyclic amines) is 1. The van der Waals surface area contributed by atoms with Crippen LogP contribution >= 0.6 is 0 Å². The second kappa shape index (κ2) is 6.17. The zero-order valence-corrected chi connectivity index (χ0v) is 14.1. The third-order valence-corrected chi connectivity index (χ3v) is 6.04. The molecule has 2 bridgehead atoms. The first-order valence-corrected chi connectivity index (χ1v) is 9.01. The summed E-state index contributed by atoms with van der Waals surface area (Å²) in [4.78, 5) is 38.5. The number of nitrogens with zero attached hydrogens (tertiary/aromatic N) is 1. The molecular formula is C19H23N3O3. The van der Waals surface area contributed by atoms with Crippen LogP contribution in [-0.2, 0) is 20.8 Å². The number of nitrogen functional groups attached to an aromatic ring is 1. The molecule has 6 nitrogen and oxygen atoms in total. The van der Waals surface area contributed by atoms with Crippen molar-refractivity contribution >= 4 is 23.4 Å². The number of carbonyl (C=O) groups excluding carboxylic acids is 3. The Hall–Kier alpha value is -2.37. The molecule has 4 unspecified atom stereocenters. The van der Waals surface area contributed by atoms with Crippen molar-refractivity contribution in [3.8, 4) is 0 Å². The van der Waals surface area contributed by atoms with Gasteiger partial charge in [0.25, 0.3) is 0 Å². The molecule has 1 aromatic rings. The second-order valence-corrected chi connectivity index (χ2v) is 7.49. The van der Waals surface area contributed by atoms with E-state index < -0.39 is 0 Å². The molecule has 3 N–H and O–H groups in total. The molecule has 0 aromatic heterocycles. The quantitative estimate of drug-likeness (QED) is 0.616. The van der Waals surface area contributed by atoms with Gasteiger partial charge in [-0.15, -0.1) is 0 Å². The van der Waals surface area contributed by atoms with Crippen LogP contribution in [0.4, 0.5) is 5.69 Å². The molecule has 0 radical (unpaired) electrons. The SMILES string of the molecule is Nc1ccc(CCNC(=O)CN2C(=O)C3C4CCC(C4)C3C2=O)cc1. The van der Waals surface area contributed by atoms with Crippen molar-refractivity contribution in [2.24, 2.45) is 23.7 Å². The molecule has 3 aliphatic rings. The van der Waals surface area contributed by atoms with Crippen LogP contribution in [0.3, 0.4) is 0 Å². The highest BCUT2D eigenvalue weighted by atomic mass is 16.2. The van der Waals surface area contributed by atoms with E-state index in [4.69, 9.17) is 5.73 Å². The molecule has 1 heterocycles. The monoisotopic (exact) mass is 341 g/mol. The largest absolute Gasteiger partial charge is 0.399 e. The van der Waals surface area contributed by atoms with E-state index in [-0.39, 0.29) is 36.1 Å². The van der Waals surface area contributed by atoms with E-state index in [0.717, 1.165) is 24.8 Å². The van der Waals surface area contributed by atoms with Crippen LogP contribution < -0.4 is 11.1 Å². The Morgan fingerprint density at radius 3 is 2.28 bits per heavy atom. The predicted molar refractivity (Wildman–Crippen MR) is 92.1 cm³/mol. The molecule has 25 heavy (non-hydrogen) atoms. The van der Waals surface area contributed by atoms with E-state index in [9.17, 15) is 14.4 Å². The van der Waals surface area contributed by atoms with Gasteiger partial charge in [0.2, 0.25) is 17.7 Å². The minimum atomic E-state index is -0.274. The molecule has 0 spiro atoms. The molecule has 1 saturated heterocycles. The number of amides is 3. The first-order valence-electron chi connectivity index (χ1n) is 9.01. The number of carbonyl (C=O) groups is 3. The summed E-state index contributed by atoms with van der Waals surface area (Å²) in [5.74, 6) is -0.144. The van der Waals surface area contributed by atoms with Gasteiger partial charge in [-0.1, -0.05) is 12.1 Å². The smallest absolute Gasteiger partial charge is 0.240 e. The van der Waals surface area contributed by atoms with Gasteiger partial charge >= 0.3 is 0 Å². The topological polar surface area (TPSA) is 92.5 Å². The fourth-order valence-corrected chi connectivity index (χ4v) is 4.86. The fourth-order valence-electron chi connectivity index (χ4n) is 4.86. The average molecular weight is 341 g/mol. The molecule has 2 aliphatic carbocycles. The van der Waals surface area contributed by atoms with E-state index in [0.29, 0.717) is 30.5 Å². The lowest BCUT2D eigenvalue weighted by atomic mass is 9.81. The lowest BCUT2D eigenvalue weighted by Crippen LogP contribution is -2.42. The summed E-state index contributed by atoms with van der Waals surface area (Å²) < 4.78 is 0. The summed E-state index contributed by atoms with van der Waals surface area (Å²) in [5.41, 5.74) is 7.43. The normalized spacial score (nSPS) is 30.0. The van der Waals surface area contributed by atoms with E-state index >= 15 is 0 Å². The van der Waals surface area contributed by atoms with Crippen molar-refractivity contribution in [3.05, 3.63) is 29.8 Å². The highest BCUT2D eigenvalue weighted by molar-refractivity contribution is 6.08. The Labute approximate surface area is 146 Å². The maximum atomic E-state index is 12.6. The number of benzene rings is 1. The first-order chi connectivity index (χ1) is 12.0. The summed E-state index contributed by atoms with van der Waals surface area (Å²) >= 11 is 0. The van der Waals surface area contributed by atoms with E-state index in [2.05, 4.69) is 5.32 Å². The number of rotatable bonds is 5. The average Bonchev–Trinajstić information content (AvgIpc) is 3.27. The Bertz CT molecular complexity index is 687. The van der Waals surface area contributed by atoms with Crippen LogP contribution in [0.25, 0.3) is 0 Å². The number of nitrogens with one attached hydrogen (secondary N) is 1. The molecule has 4 atom stereocenters. The zero-order valence-electron chi connectivity index (χ0n) is 14.1.